The summed E-state index contributed by atoms with van der Waals surface area (Å²) in [6.45, 7) is 4.05. The highest BCUT2D eigenvalue weighted by molar-refractivity contribution is 5.41. The maximum absolute atomic E-state index is 5.60. The van der Waals surface area contributed by atoms with E-state index in [9.17, 15) is 0 Å². The van der Waals surface area contributed by atoms with Crippen molar-refractivity contribution < 1.29 is 9.47 Å². The second-order valence-electron chi connectivity index (χ2n) is 5.91. The number of benzene rings is 1. The van der Waals surface area contributed by atoms with Crippen molar-refractivity contribution in [3.63, 3.8) is 0 Å². The quantitative estimate of drug-likeness (QED) is 0.919. The summed E-state index contributed by atoms with van der Waals surface area (Å²) in [5, 5.41) is 3.44. The first-order valence-corrected chi connectivity index (χ1v) is 7.85. The number of piperidine rings is 1. The highest BCUT2D eigenvalue weighted by Crippen LogP contribution is 2.36. The van der Waals surface area contributed by atoms with Crippen molar-refractivity contribution in [2.45, 2.75) is 37.5 Å². The van der Waals surface area contributed by atoms with Gasteiger partial charge in [0.1, 0.15) is 5.75 Å². The molecule has 1 aromatic rings. The van der Waals surface area contributed by atoms with E-state index in [0.29, 0.717) is 11.8 Å². The third-order valence-electron chi connectivity index (χ3n) is 4.73. The third kappa shape index (κ3) is 2.99. The lowest BCUT2D eigenvalue weighted by Gasteiger charge is -2.27. The smallest absolute Gasteiger partial charge is 0.122 e. The van der Waals surface area contributed by atoms with Gasteiger partial charge in [-0.1, -0.05) is 12.1 Å². The van der Waals surface area contributed by atoms with Crippen molar-refractivity contribution in [3.05, 3.63) is 29.3 Å². The maximum Gasteiger partial charge on any atom is 0.122 e. The molecule has 2 heterocycles. The predicted molar refractivity (Wildman–Crippen MR) is 80.6 cm³/mol. The standard InChI is InChI=1S/C17H25NO2/c1-19-17-3-2-15(13-6-10-20-11-7-13)12-16(17)14-4-8-18-9-5-14/h2-3,12-14,18H,4-11H2,1H3. The number of nitrogens with one attached hydrogen (secondary N) is 1. The van der Waals surface area contributed by atoms with Gasteiger partial charge in [0.25, 0.3) is 0 Å². The molecule has 0 spiro atoms. The molecule has 3 heteroatoms. The van der Waals surface area contributed by atoms with Crippen LogP contribution < -0.4 is 10.1 Å². The number of rotatable bonds is 3. The minimum absolute atomic E-state index is 0.644. The van der Waals surface area contributed by atoms with Crippen LogP contribution in [0.4, 0.5) is 0 Å². The van der Waals surface area contributed by atoms with Gasteiger partial charge in [-0.25, -0.2) is 0 Å². The predicted octanol–water partition coefficient (Wildman–Crippen LogP) is 3.06. The topological polar surface area (TPSA) is 30.5 Å². The second-order valence-corrected chi connectivity index (χ2v) is 5.91. The van der Waals surface area contributed by atoms with Crippen LogP contribution in [-0.4, -0.2) is 33.4 Å². The third-order valence-corrected chi connectivity index (χ3v) is 4.73. The van der Waals surface area contributed by atoms with Crippen LogP contribution >= 0.6 is 0 Å². The van der Waals surface area contributed by atoms with Crippen LogP contribution in [0.15, 0.2) is 18.2 Å². The van der Waals surface area contributed by atoms with E-state index in [0.717, 1.165) is 44.9 Å². The molecular formula is C17H25NO2. The average molecular weight is 275 g/mol. The van der Waals surface area contributed by atoms with E-state index in [1.807, 2.05) is 0 Å². The molecular weight excluding hydrogens is 250 g/mol. The lowest BCUT2D eigenvalue weighted by atomic mass is 9.85. The second kappa shape index (κ2) is 6.59. The zero-order chi connectivity index (χ0) is 13.8. The normalized spacial score (nSPS) is 21.9. The van der Waals surface area contributed by atoms with Crippen molar-refractivity contribution in [1.29, 1.82) is 0 Å². The van der Waals surface area contributed by atoms with Crippen LogP contribution in [0.1, 0.15) is 48.6 Å². The van der Waals surface area contributed by atoms with Gasteiger partial charge >= 0.3 is 0 Å². The largest absolute Gasteiger partial charge is 0.496 e. The monoisotopic (exact) mass is 275 g/mol. The summed E-state index contributed by atoms with van der Waals surface area (Å²) in [5.41, 5.74) is 2.89. The molecule has 0 aliphatic carbocycles. The fourth-order valence-corrected chi connectivity index (χ4v) is 3.49. The summed E-state index contributed by atoms with van der Waals surface area (Å²) < 4.78 is 11.1. The minimum Gasteiger partial charge on any atom is -0.496 e. The van der Waals surface area contributed by atoms with Crippen LogP contribution in [0.3, 0.4) is 0 Å². The van der Waals surface area contributed by atoms with Gasteiger partial charge in [0, 0.05) is 13.2 Å². The van der Waals surface area contributed by atoms with Gasteiger partial charge in [0.2, 0.25) is 0 Å². The minimum atomic E-state index is 0.644. The molecule has 1 aromatic carbocycles. The molecule has 0 radical (unpaired) electrons. The summed E-state index contributed by atoms with van der Waals surface area (Å²) in [4.78, 5) is 0. The van der Waals surface area contributed by atoms with Crippen molar-refractivity contribution in [2.24, 2.45) is 0 Å². The van der Waals surface area contributed by atoms with Crippen LogP contribution in [-0.2, 0) is 4.74 Å². The van der Waals surface area contributed by atoms with Crippen LogP contribution in [0, 0.1) is 0 Å². The summed E-state index contributed by atoms with van der Waals surface area (Å²) in [5.74, 6) is 2.37. The molecule has 0 aromatic heterocycles. The number of methoxy groups -OCH3 is 1. The number of hydrogen-bond donors (Lipinski definition) is 1. The van der Waals surface area contributed by atoms with Gasteiger partial charge in [0.15, 0.2) is 0 Å². The highest BCUT2D eigenvalue weighted by atomic mass is 16.5. The summed E-state index contributed by atoms with van der Waals surface area (Å²) in [6, 6.07) is 6.83. The van der Waals surface area contributed by atoms with Crippen molar-refractivity contribution in [2.75, 3.05) is 33.4 Å². The lowest BCUT2D eigenvalue weighted by Crippen LogP contribution is -2.27. The molecule has 20 heavy (non-hydrogen) atoms. The average Bonchev–Trinajstić information content (AvgIpc) is 2.56. The van der Waals surface area contributed by atoms with E-state index in [1.165, 1.54) is 24.0 Å². The van der Waals surface area contributed by atoms with Crippen LogP contribution in [0.25, 0.3) is 0 Å². The van der Waals surface area contributed by atoms with Gasteiger partial charge in [-0.05, 0) is 67.8 Å². The van der Waals surface area contributed by atoms with Gasteiger partial charge in [-0.2, -0.15) is 0 Å². The fourth-order valence-electron chi connectivity index (χ4n) is 3.49. The molecule has 0 unspecified atom stereocenters. The first-order valence-electron chi connectivity index (χ1n) is 7.85. The SMILES string of the molecule is COc1ccc(C2CCOCC2)cc1C1CCNCC1. The molecule has 0 atom stereocenters. The van der Waals surface area contributed by atoms with E-state index in [-0.39, 0.29) is 0 Å². The zero-order valence-electron chi connectivity index (χ0n) is 12.4. The Kier molecular flexibility index (Phi) is 4.58. The summed E-state index contributed by atoms with van der Waals surface area (Å²) in [7, 11) is 1.79. The van der Waals surface area contributed by atoms with Gasteiger partial charge in [-0.15, -0.1) is 0 Å². The molecule has 3 rings (SSSR count). The molecule has 0 amide bonds. The van der Waals surface area contributed by atoms with E-state index < -0.39 is 0 Å². The molecule has 110 valence electrons. The molecule has 0 bridgehead atoms. The van der Waals surface area contributed by atoms with Crippen molar-refractivity contribution >= 4 is 0 Å². The highest BCUT2D eigenvalue weighted by Gasteiger charge is 2.22. The first-order chi connectivity index (χ1) is 9.88. The molecule has 1 N–H and O–H groups in total. The van der Waals surface area contributed by atoms with Crippen molar-refractivity contribution in [3.8, 4) is 5.75 Å². The van der Waals surface area contributed by atoms with Crippen LogP contribution in [0.2, 0.25) is 0 Å². The Labute approximate surface area is 121 Å². The fraction of sp³-hybridized carbons (Fsp3) is 0.647. The van der Waals surface area contributed by atoms with E-state index in [2.05, 4.69) is 23.5 Å². The molecule has 0 saturated carbocycles. The Morgan fingerprint density at radius 1 is 1.05 bits per heavy atom. The molecule has 3 nitrogen and oxygen atoms in total. The number of hydrogen-bond acceptors (Lipinski definition) is 3. The zero-order valence-corrected chi connectivity index (χ0v) is 12.4. The first kappa shape index (κ1) is 13.9. The Morgan fingerprint density at radius 3 is 2.50 bits per heavy atom. The van der Waals surface area contributed by atoms with E-state index in [4.69, 9.17) is 9.47 Å². The van der Waals surface area contributed by atoms with E-state index >= 15 is 0 Å². The number of ether oxygens (including phenoxy) is 2. The van der Waals surface area contributed by atoms with Gasteiger partial charge in [0.05, 0.1) is 7.11 Å². The lowest BCUT2D eigenvalue weighted by molar-refractivity contribution is 0.0853. The Morgan fingerprint density at radius 2 is 1.80 bits per heavy atom. The van der Waals surface area contributed by atoms with Crippen LogP contribution in [0.5, 0.6) is 5.75 Å². The Hall–Kier alpha value is -1.06. The molecule has 2 fully saturated rings. The maximum atomic E-state index is 5.60. The summed E-state index contributed by atoms with van der Waals surface area (Å²) in [6.07, 6.45) is 4.73. The Bertz CT molecular complexity index is 435. The Balaban J connectivity index is 1.85. The molecule has 2 aliphatic heterocycles. The van der Waals surface area contributed by atoms with Gasteiger partial charge in [-0.3, -0.25) is 0 Å². The van der Waals surface area contributed by atoms with Crippen molar-refractivity contribution in [1.82, 2.24) is 5.32 Å². The van der Waals surface area contributed by atoms with E-state index in [1.54, 1.807) is 7.11 Å². The molecule has 2 aliphatic rings. The molecule has 2 saturated heterocycles. The van der Waals surface area contributed by atoms with Gasteiger partial charge < -0.3 is 14.8 Å². The summed E-state index contributed by atoms with van der Waals surface area (Å²) >= 11 is 0.